The van der Waals surface area contributed by atoms with Crippen molar-refractivity contribution in [3.05, 3.63) is 28.8 Å². The second-order valence-corrected chi connectivity index (χ2v) is 3.75. The maximum absolute atomic E-state index is 11.9. The summed E-state index contributed by atoms with van der Waals surface area (Å²) in [6, 6.07) is 4.48. The standard InChI is InChI=1S/C10H9Cl2FO2/c1-6(14)10(12)8-4-7(15-5-13)2-3-9(8)11/h2-4,10H,5H2,1H3. The number of ketones is 1. The lowest BCUT2D eigenvalue weighted by atomic mass is 10.1. The molecular formula is C10H9Cl2FO2. The number of carbonyl (C=O) groups excluding carboxylic acids is 1. The van der Waals surface area contributed by atoms with Crippen molar-refractivity contribution in [2.75, 3.05) is 6.86 Å². The Morgan fingerprint density at radius 1 is 1.60 bits per heavy atom. The van der Waals surface area contributed by atoms with Crippen molar-refractivity contribution >= 4 is 29.0 Å². The summed E-state index contributed by atoms with van der Waals surface area (Å²) in [6.07, 6.45) is 0. The van der Waals surface area contributed by atoms with E-state index in [2.05, 4.69) is 4.74 Å². The monoisotopic (exact) mass is 250 g/mol. The Morgan fingerprint density at radius 2 is 2.27 bits per heavy atom. The minimum Gasteiger partial charge on any atom is -0.463 e. The number of carbonyl (C=O) groups is 1. The molecule has 1 atom stereocenters. The van der Waals surface area contributed by atoms with Crippen LogP contribution in [0.25, 0.3) is 0 Å². The fourth-order valence-corrected chi connectivity index (χ4v) is 1.55. The molecule has 0 aliphatic carbocycles. The summed E-state index contributed by atoms with van der Waals surface area (Å²) in [5, 5.41) is -0.475. The minimum absolute atomic E-state index is 0.226. The van der Waals surface area contributed by atoms with Crippen LogP contribution in [0.1, 0.15) is 17.9 Å². The van der Waals surface area contributed by atoms with E-state index in [1.807, 2.05) is 0 Å². The van der Waals surface area contributed by atoms with Crippen molar-refractivity contribution in [3.8, 4) is 5.75 Å². The number of halogens is 3. The van der Waals surface area contributed by atoms with Crippen LogP contribution in [0.4, 0.5) is 4.39 Å². The average molecular weight is 251 g/mol. The van der Waals surface area contributed by atoms with Crippen LogP contribution in [0.2, 0.25) is 5.02 Å². The second kappa shape index (κ2) is 5.33. The van der Waals surface area contributed by atoms with Gasteiger partial charge in [-0.25, -0.2) is 4.39 Å². The number of Topliss-reactive ketones (excluding diaryl/α,β-unsaturated/α-hetero) is 1. The molecule has 0 aliphatic heterocycles. The Morgan fingerprint density at radius 3 is 2.80 bits per heavy atom. The maximum Gasteiger partial charge on any atom is 0.228 e. The van der Waals surface area contributed by atoms with E-state index in [-0.39, 0.29) is 5.78 Å². The molecule has 82 valence electrons. The molecule has 15 heavy (non-hydrogen) atoms. The van der Waals surface area contributed by atoms with Gasteiger partial charge in [-0.15, -0.1) is 11.6 Å². The summed E-state index contributed by atoms with van der Waals surface area (Å²) in [5.74, 6) is 0.0692. The molecule has 1 unspecified atom stereocenters. The van der Waals surface area contributed by atoms with Gasteiger partial charge in [-0.2, -0.15) is 0 Å². The molecule has 1 aromatic carbocycles. The highest BCUT2D eigenvalue weighted by atomic mass is 35.5. The first-order valence-electron chi connectivity index (χ1n) is 4.19. The minimum atomic E-state index is -0.936. The largest absolute Gasteiger partial charge is 0.463 e. The van der Waals surface area contributed by atoms with E-state index in [0.29, 0.717) is 16.3 Å². The molecule has 0 saturated heterocycles. The van der Waals surface area contributed by atoms with Gasteiger partial charge in [-0.05, 0) is 30.7 Å². The summed E-state index contributed by atoms with van der Waals surface area (Å²) in [7, 11) is 0. The highest BCUT2D eigenvalue weighted by Crippen LogP contribution is 2.31. The van der Waals surface area contributed by atoms with E-state index in [4.69, 9.17) is 23.2 Å². The van der Waals surface area contributed by atoms with Crippen molar-refractivity contribution < 1.29 is 13.9 Å². The average Bonchev–Trinajstić information content (AvgIpc) is 2.20. The first-order valence-corrected chi connectivity index (χ1v) is 5.00. The van der Waals surface area contributed by atoms with E-state index in [1.165, 1.54) is 25.1 Å². The molecule has 1 rings (SSSR count). The fourth-order valence-electron chi connectivity index (χ4n) is 1.09. The number of rotatable bonds is 4. The van der Waals surface area contributed by atoms with E-state index < -0.39 is 12.2 Å². The van der Waals surface area contributed by atoms with E-state index >= 15 is 0 Å². The van der Waals surface area contributed by atoms with Crippen molar-refractivity contribution in [1.29, 1.82) is 0 Å². The Hall–Kier alpha value is -0.800. The van der Waals surface area contributed by atoms with Gasteiger partial charge in [0.05, 0.1) is 0 Å². The number of benzene rings is 1. The highest BCUT2D eigenvalue weighted by molar-refractivity contribution is 6.35. The number of ether oxygens (including phenoxy) is 1. The van der Waals surface area contributed by atoms with Gasteiger partial charge in [-0.3, -0.25) is 4.79 Å². The SMILES string of the molecule is CC(=O)C(Cl)c1cc(OCF)ccc1Cl. The number of alkyl halides is 2. The molecule has 0 fully saturated rings. The smallest absolute Gasteiger partial charge is 0.228 e. The lowest BCUT2D eigenvalue weighted by Crippen LogP contribution is -2.03. The summed E-state index contributed by atoms with van der Waals surface area (Å²) in [5.41, 5.74) is 0.428. The lowest BCUT2D eigenvalue weighted by Gasteiger charge is -2.10. The molecular weight excluding hydrogens is 242 g/mol. The molecule has 0 radical (unpaired) electrons. The number of hydrogen-bond acceptors (Lipinski definition) is 2. The molecule has 0 aliphatic rings. The van der Waals surface area contributed by atoms with E-state index in [0.717, 1.165) is 0 Å². The molecule has 0 bridgehead atoms. The Labute approximate surface area is 96.9 Å². The Kier molecular flexibility index (Phi) is 4.36. The van der Waals surface area contributed by atoms with Crippen LogP contribution in [0.3, 0.4) is 0 Å². The maximum atomic E-state index is 11.9. The zero-order chi connectivity index (χ0) is 11.4. The van der Waals surface area contributed by atoms with Crippen molar-refractivity contribution in [2.45, 2.75) is 12.3 Å². The molecule has 0 saturated carbocycles. The molecule has 1 aromatic rings. The summed E-state index contributed by atoms with van der Waals surface area (Å²) in [6.45, 7) is 0.421. The van der Waals surface area contributed by atoms with Crippen molar-refractivity contribution in [3.63, 3.8) is 0 Å². The van der Waals surface area contributed by atoms with Gasteiger partial charge in [-0.1, -0.05) is 11.6 Å². The van der Waals surface area contributed by atoms with Crippen LogP contribution in [0.15, 0.2) is 18.2 Å². The van der Waals surface area contributed by atoms with Crippen LogP contribution in [-0.2, 0) is 4.79 Å². The second-order valence-electron chi connectivity index (χ2n) is 2.91. The van der Waals surface area contributed by atoms with Gasteiger partial charge in [0.2, 0.25) is 6.86 Å². The highest BCUT2D eigenvalue weighted by Gasteiger charge is 2.17. The first kappa shape index (κ1) is 12.3. The molecule has 0 spiro atoms. The Bertz CT molecular complexity index is 368. The van der Waals surface area contributed by atoms with Gasteiger partial charge in [0, 0.05) is 5.02 Å². The predicted molar refractivity (Wildman–Crippen MR) is 57.3 cm³/mol. The zero-order valence-corrected chi connectivity index (χ0v) is 9.48. The lowest BCUT2D eigenvalue weighted by molar-refractivity contribution is -0.116. The topological polar surface area (TPSA) is 26.3 Å². The third kappa shape index (κ3) is 3.08. The van der Waals surface area contributed by atoms with Crippen molar-refractivity contribution in [2.24, 2.45) is 0 Å². The van der Waals surface area contributed by atoms with Crippen LogP contribution in [-0.4, -0.2) is 12.6 Å². The molecule has 0 aromatic heterocycles. The third-order valence-electron chi connectivity index (χ3n) is 1.82. The van der Waals surface area contributed by atoms with Gasteiger partial charge < -0.3 is 4.74 Å². The van der Waals surface area contributed by atoms with Crippen LogP contribution in [0.5, 0.6) is 5.75 Å². The van der Waals surface area contributed by atoms with Gasteiger partial charge in [0.15, 0.2) is 5.78 Å². The molecule has 0 heterocycles. The summed E-state index contributed by atoms with van der Waals surface area (Å²) in [4.78, 5) is 11.1. The van der Waals surface area contributed by atoms with Gasteiger partial charge in [0.1, 0.15) is 11.1 Å². The van der Waals surface area contributed by atoms with Crippen LogP contribution < -0.4 is 4.74 Å². The first-order chi connectivity index (χ1) is 7.06. The normalized spacial score (nSPS) is 12.3. The van der Waals surface area contributed by atoms with Gasteiger partial charge >= 0.3 is 0 Å². The molecule has 5 heteroatoms. The number of hydrogen-bond donors (Lipinski definition) is 0. The molecule has 2 nitrogen and oxygen atoms in total. The quantitative estimate of drug-likeness (QED) is 0.765. The van der Waals surface area contributed by atoms with E-state index in [1.54, 1.807) is 0 Å². The Balaban J connectivity index is 3.04. The summed E-state index contributed by atoms with van der Waals surface area (Å²) >= 11 is 11.7. The fraction of sp³-hybridized carbons (Fsp3) is 0.300. The van der Waals surface area contributed by atoms with Crippen molar-refractivity contribution in [1.82, 2.24) is 0 Å². The zero-order valence-electron chi connectivity index (χ0n) is 7.97. The van der Waals surface area contributed by atoms with E-state index in [9.17, 15) is 9.18 Å². The van der Waals surface area contributed by atoms with Crippen LogP contribution >= 0.6 is 23.2 Å². The summed E-state index contributed by atoms with van der Waals surface area (Å²) < 4.78 is 16.6. The molecule has 0 amide bonds. The van der Waals surface area contributed by atoms with Gasteiger partial charge in [0.25, 0.3) is 0 Å². The third-order valence-corrected chi connectivity index (χ3v) is 2.71. The molecule has 0 N–H and O–H groups in total. The predicted octanol–water partition coefficient (Wildman–Crippen LogP) is 3.51. The van der Waals surface area contributed by atoms with Crippen LogP contribution in [0, 0.1) is 0 Å².